The number of aromatic nitrogens is 2. The van der Waals surface area contributed by atoms with E-state index in [1.165, 1.54) is 11.3 Å². The Bertz CT molecular complexity index is 720. The van der Waals surface area contributed by atoms with Crippen LogP contribution in [0.3, 0.4) is 0 Å². The second-order valence-corrected chi connectivity index (χ2v) is 8.43. The first-order valence-corrected chi connectivity index (χ1v) is 9.94. The van der Waals surface area contributed by atoms with E-state index in [0.29, 0.717) is 0 Å². The molecule has 6 nitrogen and oxygen atoms in total. The zero-order valence-corrected chi connectivity index (χ0v) is 15.2. The van der Waals surface area contributed by atoms with Crippen molar-refractivity contribution < 1.29 is 8.42 Å². The van der Waals surface area contributed by atoms with Gasteiger partial charge in [-0.15, -0.1) is 21.5 Å². The number of nitrogens with zero attached hydrogens (tertiary/aromatic N) is 3. The van der Waals surface area contributed by atoms with Gasteiger partial charge in [0.1, 0.15) is 4.21 Å². The van der Waals surface area contributed by atoms with Crippen molar-refractivity contribution >= 4 is 33.0 Å². The van der Waals surface area contributed by atoms with Gasteiger partial charge in [0.25, 0.3) is 10.0 Å². The minimum atomic E-state index is -3.59. The molecule has 0 saturated carbocycles. The smallest absolute Gasteiger partial charge is 0.272 e. The third-order valence-corrected chi connectivity index (χ3v) is 6.03. The maximum atomic E-state index is 12.3. The molecule has 8 heteroatoms. The highest BCUT2D eigenvalue weighted by Crippen LogP contribution is 2.23. The van der Waals surface area contributed by atoms with Gasteiger partial charge in [-0.25, -0.2) is 8.42 Å². The van der Waals surface area contributed by atoms with Crippen LogP contribution in [0, 0.1) is 6.92 Å². The molecule has 0 spiro atoms. The van der Waals surface area contributed by atoms with Crippen molar-refractivity contribution in [1.82, 2.24) is 10.2 Å². The van der Waals surface area contributed by atoms with Crippen LogP contribution in [0.5, 0.6) is 0 Å². The van der Waals surface area contributed by atoms with Crippen LogP contribution in [0.15, 0.2) is 28.5 Å². The molecule has 2 rings (SSSR count). The average molecular weight is 355 g/mol. The van der Waals surface area contributed by atoms with Gasteiger partial charge in [-0.05, 0) is 44.0 Å². The van der Waals surface area contributed by atoms with E-state index in [9.17, 15) is 8.42 Å². The standard InChI is InChI=1S/C15H22N4O2S2/c1-4-10-19(11-5-2)14-8-7-13(16-17-14)18-23(20,21)15-9-6-12(3)22-15/h6-9H,4-5,10-11H2,1-3H3,(H,16,18). The number of sulfonamides is 1. The summed E-state index contributed by atoms with van der Waals surface area (Å²) in [5.74, 6) is 0.997. The van der Waals surface area contributed by atoms with Crippen molar-refractivity contribution in [1.29, 1.82) is 0 Å². The van der Waals surface area contributed by atoms with Gasteiger partial charge in [-0.2, -0.15) is 0 Å². The molecule has 23 heavy (non-hydrogen) atoms. The molecular formula is C15H22N4O2S2. The van der Waals surface area contributed by atoms with Gasteiger partial charge in [0, 0.05) is 18.0 Å². The fourth-order valence-corrected chi connectivity index (χ4v) is 4.45. The SMILES string of the molecule is CCCN(CCC)c1ccc(NS(=O)(=O)c2ccc(C)s2)nn1. The number of hydrogen-bond donors (Lipinski definition) is 1. The Labute approximate surface area is 141 Å². The van der Waals surface area contributed by atoms with Crippen molar-refractivity contribution in [3.63, 3.8) is 0 Å². The minimum Gasteiger partial charge on any atom is -0.355 e. The van der Waals surface area contributed by atoms with Crippen LogP contribution in [0.1, 0.15) is 31.6 Å². The summed E-state index contributed by atoms with van der Waals surface area (Å²) in [6.45, 7) is 7.90. The monoisotopic (exact) mass is 354 g/mol. The topological polar surface area (TPSA) is 75.2 Å². The van der Waals surface area contributed by atoms with Gasteiger partial charge in [0.15, 0.2) is 11.6 Å². The van der Waals surface area contributed by atoms with E-state index in [1.54, 1.807) is 24.3 Å². The Kier molecular flexibility index (Phi) is 5.95. The molecule has 2 heterocycles. The molecule has 126 valence electrons. The Hall–Kier alpha value is -1.67. The molecule has 1 N–H and O–H groups in total. The Balaban J connectivity index is 2.13. The van der Waals surface area contributed by atoms with Crippen molar-refractivity contribution in [3.8, 4) is 0 Å². The van der Waals surface area contributed by atoms with Crippen LogP contribution in [0.2, 0.25) is 0 Å². The van der Waals surface area contributed by atoms with E-state index in [2.05, 4.69) is 33.7 Å². The predicted octanol–water partition coefficient (Wildman–Crippen LogP) is 3.27. The second kappa shape index (κ2) is 7.74. The zero-order chi connectivity index (χ0) is 16.9. The lowest BCUT2D eigenvalue weighted by Gasteiger charge is -2.21. The first-order chi connectivity index (χ1) is 11.0. The summed E-state index contributed by atoms with van der Waals surface area (Å²) in [7, 11) is -3.59. The van der Waals surface area contributed by atoms with E-state index in [1.807, 2.05) is 6.92 Å². The zero-order valence-electron chi connectivity index (χ0n) is 13.6. The molecule has 0 bridgehead atoms. The summed E-state index contributed by atoms with van der Waals surface area (Å²) >= 11 is 1.23. The summed E-state index contributed by atoms with van der Waals surface area (Å²) in [6.07, 6.45) is 2.04. The molecule has 0 fully saturated rings. The fraction of sp³-hybridized carbons (Fsp3) is 0.467. The van der Waals surface area contributed by atoms with Crippen LogP contribution >= 0.6 is 11.3 Å². The highest BCUT2D eigenvalue weighted by molar-refractivity contribution is 7.94. The lowest BCUT2D eigenvalue weighted by atomic mass is 10.3. The normalized spacial score (nSPS) is 11.4. The molecule has 0 aromatic carbocycles. The van der Waals surface area contributed by atoms with Crippen molar-refractivity contribution in [3.05, 3.63) is 29.1 Å². The quantitative estimate of drug-likeness (QED) is 0.787. The summed E-state index contributed by atoms with van der Waals surface area (Å²) < 4.78 is 27.3. The van der Waals surface area contributed by atoms with Crippen LogP contribution < -0.4 is 9.62 Å². The first-order valence-electron chi connectivity index (χ1n) is 7.64. The summed E-state index contributed by atoms with van der Waals surface area (Å²) in [4.78, 5) is 3.09. The van der Waals surface area contributed by atoms with Gasteiger partial charge in [0.2, 0.25) is 0 Å². The van der Waals surface area contributed by atoms with Gasteiger partial charge in [-0.1, -0.05) is 13.8 Å². The average Bonchev–Trinajstić information content (AvgIpc) is 2.95. The predicted molar refractivity (Wildman–Crippen MR) is 94.7 cm³/mol. The maximum absolute atomic E-state index is 12.3. The molecule has 0 atom stereocenters. The molecule has 2 aromatic rings. The first kappa shape index (κ1) is 17.7. The highest BCUT2D eigenvalue weighted by Gasteiger charge is 2.17. The van der Waals surface area contributed by atoms with Gasteiger partial charge in [0.05, 0.1) is 0 Å². The molecule has 0 aliphatic carbocycles. The number of anilines is 2. The number of nitrogens with one attached hydrogen (secondary N) is 1. The Morgan fingerprint density at radius 2 is 1.78 bits per heavy atom. The molecular weight excluding hydrogens is 332 g/mol. The van der Waals surface area contributed by atoms with E-state index >= 15 is 0 Å². The lowest BCUT2D eigenvalue weighted by Crippen LogP contribution is -2.26. The maximum Gasteiger partial charge on any atom is 0.272 e. The second-order valence-electron chi connectivity index (χ2n) is 5.23. The third-order valence-electron chi connectivity index (χ3n) is 3.18. The molecule has 2 aromatic heterocycles. The van der Waals surface area contributed by atoms with Crippen LogP contribution in [0.4, 0.5) is 11.6 Å². The third kappa shape index (κ3) is 4.65. The van der Waals surface area contributed by atoms with Gasteiger partial charge >= 0.3 is 0 Å². The number of hydrogen-bond acceptors (Lipinski definition) is 6. The van der Waals surface area contributed by atoms with Crippen LogP contribution in [0.25, 0.3) is 0 Å². The largest absolute Gasteiger partial charge is 0.355 e. The molecule has 0 amide bonds. The molecule has 0 aliphatic rings. The molecule has 0 radical (unpaired) electrons. The fourth-order valence-electron chi connectivity index (χ4n) is 2.17. The minimum absolute atomic E-state index is 0.229. The summed E-state index contributed by atoms with van der Waals surface area (Å²) in [5, 5.41) is 8.16. The molecule has 0 unspecified atom stereocenters. The van der Waals surface area contributed by atoms with E-state index in [0.717, 1.165) is 36.6 Å². The van der Waals surface area contributed by atoms with Crippen molar-refractivity contribution in [2.75, 3.05) is 22.7 Å². The van der Waals surface area contributed by atoms with Crippen molar-refractivity contribution in [2.24, 2.45) is 0 Å². The van der Waals surface area contributed by atoms with Gasteiger partial charge in [-0.3, -0.25) is 4.72 Å². The lowest BCUT2D eigenvalue weighted by molar-refractivity contribution is 0.603. The Morgan fingerprint density at radius 1 is 1.09 bits per heavy atom. The number of rotatable bonds is 8. The summed E-state index contributed by atoms with van der Waals surface area (Å²) in [6, 6.07) is 6.82. The highest BCUT2D eigenvalue weighted by atomic mass is 32.2. The van der Waals surface area contributed by atoms with E-state index < -0.39 is 10.0 Å². The van der Waals surface area contributed by atoms with Crippen LogP contribution in [-0.2, 0) is 10.0 Å². The van der Waals surface area contributed by atoms with Crippen molar-refractivity contribution in [2.45, 2.75) is 37.8 Å². The van der Waals surface area contributed by atoms with E-state index in [-0.39, 0.29) is 10.0 Å². The number of thiophene rings is 1. The van der Waals surface area contributed by atoms with E-state index in [4.69, 9.17) is 0 Å². The summed E-state index contributed by atoms with van der Waals surface area (Å²) in [5.41, 5.74) is 0. The van der Waals surface area contributed by atoms with Crippen LogP contribution in [-0.4, -0.2) is 31.7 Å². The van der Waals surface area contributed by atoms with Gasteiger partial charge < -0.3 is 4.90 Å². The Morgan fingerprint density at radius 3 is 2.26 bits per heavy atom. The molecule has 0 aliphatic heterocycles. The molecule has 0 saturated heterocycles. The number of aryl methyl sites for hydroxylation is 1.